The largest absolute Gasteiger partial charge is 0.508 e. The van der Waals surface area contributed by atoms with Gasteiger partial charge in [-0.05, 0) is 31.0 Å². The maximum Gasteiger partial charge on any atom is 0.350 e. The number of ether oxygens (including phenoxy) is 1. The van der Waals surface area contributed by atoms with Crippen LogP contribution in [-0.4, -0.2) is 19.5 Å². The highest BCUT2D eigenvalue weighted by molar-refractivity contribution is 5.52. The molecule has 1 N–H and O–H groups in total. The van der Waals surface area contributed by atoms with E-state index in [-0.39, 0.29) is 28.5 Å². The number of hydrogen-bond acceptors (Lipinski definition) is 5. The van der Waals surface area contributed by atoms with Gasteiger partial charge in [-0.15, -0.1) is 5.10 Å². The molecule has 0 radical (unpaired) electrons. The number of nitrogens with zero attached hydrogens (tertiary/aromatic N) is 4. The van der Waals surface area contributed by atoms with Crippen molar-refractivity contribution in [3.05, 3.63) is 64.1 Å². The number of aryl methyl sites for hydroxylation is 1. The van der Waals surface area contributed by atoms with E-state index in [9.17, 15) is 19.6 Å². The second-order valence-corrected chi connectivity index (χ2v) is 6.23. The fourth-order valence-corrected chi connectivity index (χ4v) is 3.11. The maximum absolute atomic E-state index is 14.6. The van der Waals surface area contributed by atoms with Crippen LogP contribution in [0.3, 0.4) is 0 Å². The maximum atomic E-state index is 14.6. The molecule has 0 aliphatic carbocycles. The number of aromatic nitrogens is 3. The summed E-state index contributed by atoms with van der Waals surface area (Å²) in [5.41, 5.74) is -0.538. The van der Waals surface area contributed by atoms with Crippen LogP contribution in [0.25, 0.3) is 5.69 Å². The zero-order valence-corrected chi connectivity index (χ0v) is 14.2. The van der Waals surface area contributed by atoms with Gasteiger partial charge < -0.3 is 9.84 Å². The van der Waals surface area contributed by atoms with E-state index in [2.05, 4.69) is 5.10 Å². The van der Waals surface area contributed by atoms with Gasteiger partial charge in [-0.3, -0.25) is 4.57 Å². The second-order valence-electron chi connectivity index (χ2n) is 6.23. The van der Waals surface area contributed by atoms with Crippen molar-refractivity contribution in [1.82, 2.24) is 14.3 Å². The summed E-state index contributed by atoms with van der Waals surface area (Å²) in [5, 5.41) is 23.1. The Labute approximate surface area is 153 Å². The molecule has 136 valence electrons. The molecule has 0 bridgehead atoms. The quantitative estimate of drug-likeness (QED) is 0.769. The fourth-order valence-electron chi connectivity index (χ4n) is 3.11. The zero-order chi connectivity index (χ0) is 19.0. The highest BCUT2D eigenvalue weighted by Crippen LogP contribution is 2.30. The molecule has 0 spiro atoms. The second kappa shape index (κ2) is 6.61. The Hall–Kier alpha value is -3.60. The van der Waals surface area contributed by atoms with E-state index >= 15 is 0 Å². The molecule has 2 aromatic carbocycles. The van der Waals surface area contributed by atoms with E-state index in [1.165, 1.54) is 22.8 Å². The summed E-state index contributed by atoms with van der Waals surface area (Å²) in [5.74, 6) is 0.210. The number of fused-ring (bicyclic) bond motifs is 1. The monoisotopic (exact) mass is 366 g/mol. The molecule has 0 fully saturated rings. The van der Waals surface area contributed by atoms with E-state index in [0.717, 1.165) is 23.6 Å². The number of halogens is 1. The first-order chi connectivity index (χ1) is 13.1. The van der Waals surface area contributed by atoms with Crippen LogP contribution in [0.5, 0.6) is 17.2 Å². The molecular formula is C19H15FN4O3. The van der Waals surface area contributed by atoms with Gasteiger partial charge in [0.25, 0.3) is 0 Å². The number of benzene rings is 2. The summed E-state index contributed by atoms with van der Waals surface area (Å²) >= 11 is 0. The Morgan fingerprint density at radius 3 is 2.85 bits per heavy atom. The Kier molecular flexibility index (Phi) is 4.12. The summed E-state index contributed by atoms with van der Waals surface area (Å²) in [6.45, 7) is 0.554. The molecule has 7 nitrogen and oxygen atoms in total. The Morgan fingerprint density at radius 1 is 1.26 bits per heavy atom. The SMILES string of the molecule is N#Cc1cc(F)c(-n2nc3n(c2=O)CCCC3)cc1Oc1cccc(O)c1. The van der Waals surface area contributed by atoms with E-state index in [4.69, 9.17) is 4.74 Å². The molecule has 1 aliphatic rings. The van der Waals surface area contributed by atoms with Gasteiger partial charge in [0.05, 0.1) is 5.56 Å². The fraction of sp³-hybridized carbons (Fsp3) is 0.211. The molecule has 0 saturated heterocycles. The Balaban J connectivity index is 1.82. The molecule has 4 rings (SSSR count). The standard InChI is InChI=1S/C19H15FN4O3/c20-15-8-12(11-21)17(27-14-5-3-4-13(25)9-14)10-16(15)24-19(26)23-7-2-1-6-18(23)22-24/h3-5,8-10,25H,1-2,6-7H2. The smallest absolute Gasteiger partial charge is 0.350 e. The minimum Gasteiger partial charge on any atom is -0.508 e. The minimum atomic E-state index is -0.743. The summed E-state index contributed by atoms with van der Waals surface area (Å²) in [4.78, 5) is 12.6. The average Bonchev–Trinajstić information content (AvgIpc) is 3.00. The lowest BCUT2D eigenvalue weighted by Gasteiger charge is -2.10. The molecule has 0 saturated carbocycles. The van der Waals surface area contributed by atoms with Crippen molar-refractivity contribution in [2.24, 2.45) is 0 Å². The molecule has 8 heteroatoms. The van der Waals surface area contributed by atoms with E-state index in [1.807, 2.05) is 6.07 Å². The number of rotatable bonds is 3. The molecule has 1 aromatic heterocycles. The van der Waals surface area contributed by atoms with Crippen LogP contribution < -0.4 is 10.4 Å². The molecule has 0 atom stereocenters. The Bertz CT molecular complexity index is 1130. The highest BCUT2D eigenvalue weighted by atomic mass is 19.1. The van der Waals surface area contributed by atoms with Crippen molar-refractivity contribution in [1.29, 1.82) is 5.26 Å². The molecule has 2 heterocycles. The van der Waals surface area contributed by atoms with E-state index in [1.54, 1.807) is 12.1 Å². The van der Waals surface area contributed by atoms with E-state index < -0.39 is 11.5 Å². The van der Waals surface area contributed by atoms with Crippen LogP contribution in [0.4, 0.5) is 4.39 Å². The van der Waals surface area contributed by atoms with Gasteiger partial charge in [0.15, 0.2) is 5.82 Å². The molecule has 1 aliphatic heterocycles. The lowest BCUT2D eigenvalue weighted by molar-refractivity contribution is 0.453. The first-order valence-electron chi connectivity index (χ1n) is 8.46. The molecule has 3 aromatic rings. The minimum absolute atomic E-state index is 0.00802. The third-order valence-electron chi connectivity index (χ3n) is 4.41. The molecular weight excluding hydrogens is 351 g/mol. The normalized spacial score (nSPS) is 13.0. The van der Waals surface area contributed by atoms with Gasteiger partial charge in [-0.1, -0.05) is 6.07 Å². The van der Waals surface area contributed by atoms with Crippen molar-refractivity contribution in [2.45, 2.75) is 25.8 Å². The summed E-state index contributed by atoms with van der Waals surface area (Å²) in [6, 6.07) is 10.2. The molecule has 0 unspecified atom stereocenters. The average molecular weight is 366 g/mol. The van der Waals surface area contributed by atoms with Crippen LogP contribution >= 0.6 is 0 Å². The predicted molar refractivity (Wildman–Crippen MR) is 93.6 cm³/mol. The zero-order valence-electron chi connectivity index (χ0n) is 14.2. The number of hydrogen-bond donors (Lipinski definition) is 1. The van der Waals surface area contributed by atoms with Crippen LogP contribution in [0, 0.1) is 17.1 Å². The van der Waals surface area contributed by atoms with Crippen LogP contribution in [0.1, 0.15) is 24.2 Å². The third-order valence-corrected chi connectivity index (χ3v) is 4.41. The molecule has 0 amide bonds. The van der Waals surface area contributed by atoms with Crippen molar-refractivity contribution >= 4 is 0 Å². The lowest BCUT2D eigenvalue weighted by atomic mass is 10.2. The third kappa shape index (κ3) is 3.04. The van der Waals surface area contributed by atoms with Gasteiger partial charge in [-0.25, -0.2) is 9.18 Å². The highest BCUT2D eigenvalue weighted by Gasteiger charge is 2.21. The first kappa shape index (κ1) is 16.8. The van der Waals surface area contributed by atoms with Gasteiger partial charge in [0, 0.05) is 25.1 Å². The predicted octanol–water partition coefficient (Wildman–Crippen LogP) is 2.88. The summed E-state index contributed by atoms with van der Waals surface area (Å²) in [6.07, 6.45) is 2.46. The first-order valence-corrected chi connectivity index (χ1v) is 8.46. The van der Waals surface area contributed by atoms with Crippen LogP contribution in [-0.2, 0) is 13.0 Å². The van der Waals surface area contributed by atoms with Gasteiger partial charge in [0.2, 0.25) is 0 Å². The van der Waals surface area contributed by atoms with E-state index in [0.29, 0.717) is 18.8 Å². The van der Waals surface area contributed by atoms with Crippen LogP contribution in [0.15, 0.2) is 41.2 Å². The van der Waals surface area contributed by atoms with Gasteiger partial charge >= 0.3 is 5.69 Å². The Morgan fingerprint density at radius 2 is 2.11 bits per heavy atom. The number of phenols is 1. The van der Waals surface area contributed by atoms with Crippen molar-refractivity contribution in [2.75, 3.05) is 0 Å². The lowest BCUT2D eigenvalue weighted by Crippen LogP contribution is -2.26. The molecule has 27 heavy (non-hydrogen) atoms. The summed E-state index contributed by atoms with van der Waals surface area (Å²) in [7, 11) is 0. The van der Waals surface area contributed by atoms with Crippen molar-refractivity contribution in [3.8, 4) is 29.0 Å². The number of aromatic hydroxyl groups is 1. The van der Waals surface area contributed by atoms with Crippen molar-refractivity contribution in [3.63, 3.8) is 0 Å². The topological polar surface area (TPSA) is 93.1 Å². The summed E-state index contributed by atoms with van der Waals surface area (Å²) < 4.78 is 22.8. The van der Waals surface area contributed by atoms with Gasteiger partial charge in [0.1, 0.15) is 34.8 Å². The number of nitriles is 1. The van der Waals surface area contributed by atoms with Crippen LogP contribution in [0.2, 0.25) is 0 Å². The number of phenolic OH excluding ortho intramolecular Hbond substituents is 1. The van der Waals surface area contributed by atoms with Gasteiger partial charge in [-0.2, -0.15) is 9.94 Å². The van der Waals surface area contributed by atoms with Crippen molar-refractivity contribution < 1.29 is 14.2 Å².